The first-order chi connectivity index (χ1) is 14.0. The third kappa shape index (κ3) is 3.51. The highest BCUT2D eigenvalue weighted by Gasteiger charge is 2.28. The summed E-state index contributed by atoms with van der Waals surface area (Å²) in [6, 6.07) is 11.7. The summed E-state index contributed by atoms with van der Waals surface area (Å²) in [6.45, 7) is 1.91. The number of carbonyl (C=O) groups is 4. The molecule has 2 aromatic rings. The monoisotopic (exact) mass is 392 g/mol. The Balaban J connectivity index is 1.47. The van der Waals surface area contributed by atoms with Crippen LogP contribution in [0, 0.1) is 0 Å². The lowest BCUT2D eigenvalue weighted by Gasteiger charge is -2.18. The van der Waals surface area contributed by atoms with Crippen molar-refractivity contribution in [3.8, 4) is 0 Å². The fraction of sp³-hybridized carbons (Fsp3) is 0.273. The van der Waals surface area contributed by atoms with E-state index in [4.69, 9.17) is 4.74 Å². The molecule has 2 heterocycles. The lowest BCUT2D eigenvalue weighted by atomic mass is 9.99. The van der Waals surface area contributed by atoms with Crippen LogP contribution < -0.4 is 10.2 Å². The average molecular weight is 392 g/mol. The number of Topliss-reactive ketones (excluding diaryl/α,β-unsaturated/α-hetero) is 1. The molecule has 0 radical (unpaired) electrons. The van der Waals surface area contributed by atoms with Crippen LogP contribution in [-0.2, 0) is 14.3 Å². The first-order valence-corrected chi connectivity index (χ1v) is 9.50. The number of nitrogens with one attached hydrogen (secondary N) is 1. The van der Waals surface area contributed by atoms with E-state index in [-0.39, 0.29) is 29.1 Å². The Morgan fingerprint density at radius 1 is 1.17 bits per heavy atom. The normalized spacial score (nSPS) is 17.8. The summed E-state index contributed by atoms with van der Waals surface area (Å²) in [6.07, 6.45) is 1.20. The molecule has 7 nitrogen and oxygen atoms in total. The molecule has 2 aliphatic heterocycles. The zero-order chi connectivity index (χ0) is 20.5. The molecule has 1 saturated heterocycles. The summed E-state index contributed by atoms with van der Waals surface area (Å²) in [5.41, 5.74) is 2.59. The quantitative estimate of drug-likeness (QED) is 0.624. The minimum Gasteiger partial charge on any atom is -0.454 e. The van der Waals surface area contributed by atoms with Crippen LogP contribution in [0.1, 0.15) is 52.0 Å². The van der Waals surface area contributed by atoms with Crippen LogP contribution >= 0.6 is 0 Å². The SMILES string of the molecule is C[C@H]1C(=O)Nc2ccc(C(=O)COC(=O)c3ccccc3N3CCCC3=O)cc21. The van der Waals surface area contributed by atoms with Crippen LogP contribution in [0.5, 0.6) is 0 Å². The molecule has 4 rings (SSSR count). The summed E-state index contributed by atoms with van der Waals surface area (Å²) in [4.78, 5) is 50.5. The van der Waals surface area contributed by atoms with E-state index in [1.807, 2.05) is 0 Å². The Morgan fingerprint density at radius 3 is 2.72 bits per heavy atom. The van der Waals surface area contributed by atoms with Crippen LogP contribution in [-0.4, -0.2) is 36.7 Å². The van der Waals surface area contributed by atoms with Crippen LogP contribution in [0.3, 0.4) is 0 Å². The number of benzene rings is 2. The van der Waals surface area contributed by atoms with Crippen molar-refractivity contribution >= 4 is 34.9 Å². The summed E-state index contributed by atoms with van der Waals surface area (Å²) in [7, 11) is 0. The Labute approximate surface area is 167 Å². The molecular weight excluding hydrogens is 372 g/mol. The standard InChI is InChI=1S/C22H20N2O5/c1-13-16-11-14(8-9-17(16)23-21(13)27)19(25)12-29-22(28)15-5-2-3-6-18(15)24-10-4-7-20(24)26/h2-3,5-6,8-9,11,13H,4,7,10,12H2,1H3,(H,23,27)/t13-/m1/s1. The fourth-order valence-electron chi connectivity index (χ4n) is 3.67. The minimum atomic E-state index is -0.653. The number of rotatable bonds is 5. The predicted molar refractivity (Wildman–Crippen MR) is 106 cm³/mol. The van der Waals surface area contributed by atoms with Crippen molar-refractivity contribution in [1.29, 1.82) is 0 Å². The van der Waals surface area contributed by atoms with Crippen LogP contribution in [0.4, 0.5) is 11.4 Å². The van der Waals surface area contributed by atoms with Gasteiger partial charge < -0.3 is 15.0 Å². The third-order valence-electron chi connectivity index (χ3n) is 5.31. The lowest BCUT2D eigenvalue weighted by Crippen LogP contribution is -2.26. The number of esters is 1. The molecule has 2 amide bonds. The van der Waals surface area contributed by atoms with Crippen LogP contribution in [0.2, 0.25) is 0 Å². The number of hydrogen-bond donors (Lipinski definition) is 1. The van der Waals surface area contributed by atoms with Crippen LogP contribution in [0.25, 0.3) is 0 Å². The molecule has 0 aliphatic carbocycles. The first-order valence-electron chi connectivity index (χ1n) is 9.50. The van der Waals surface area contributed by atoms with Gasteiger partial charge in [-0.15, -0.1) is 0 Å². The fourth-order valence-corrected chi connectivity index (χ4v) is 3.67. The predicted octanol–water partition coefficient (Wildman–Crippen LogP) is 2.91. The third-order valence-corrected chi connectivity index (χ3v) is 5.31. The van der Waals surface area contributed by atoms with E-state index < -0.39 is 12.6 Å². The highest BCUT2D eigenvalue weighted by Crippen LogP contribution is 2.33. The number of fused-ring (bicyclic) bond motifs is 1. The van der Waals surface area contributed by atoms with Gasteiger partial charge in [0.2, 0.25) is 11.8 Å². The highest BCUT2D eigenvalue weighted by molar-refractivity contribution is 6.06. The van der Waals surface area contributed by atoms with Gasteiger partial charge in [0.1, 0.15) is 0 Å². The molecule has 0 saturated carbocycles. The molecular formula is C22H20N2O5. The molecule has 29 heavy (non-hydrogen) atoms. The number of amides is 2. The van der Waals surface area contributed by atoms with Crippen molar-refractivity contribution in [2.45, 2.75) is 25.7 Å². The number of ketones is 1. The summed E-state index contributed by atoms with van der Waals surface area (Å²) in [5.74, 6) is -1.48. The average Bonchev–Trinajstić information content (AvgIpc) is 3.28. The molecule has 2 aliphatic rings. The Bertz CT molecular complexity index is 1030. The molecule has 0 spiro atoms. The maximum absolute atomic E-state index is 12.6. The minimum absolute atomic E-state index is 0.0308. The topological polar surface area (TPSA) is 92.8 Å². The smallest absolute Gasteiger partial charge is 0.340 e. The van der Waals surface area contributed by atoms with Gasteiger partial charge in [-0.1, -0.05) is 12.1 Å². The Hall–Kier alpha value is -3.48. The summed E-state index contributed by atoms with van der Waals surface area (Å²) in [5, 5.41) is 2.75. The number of ether oxygens (including phenoxy) is 1. The van der Waals surface area contributed by atoms with Gasteiger partial charge in [-0.3, -0.25) is 14.4 Å². The van der Waals surface area contributed by atoms with Crippen molar-refractivity contribution in [1.82, 2.24) is 0 Å². The van der Waals surface area contributed by atoms with E-state index in [1.54, 1.807) is 54.3 Å². The van der Waals surface area contributed by atoms with Crippen LogP contribution in [0.15, 0.2) is 42.5 Å². The van der Waals surface area contributed by atoms with Crippen molar-refractivity contribution in [2.75, 3.05) is 23.4 Å². The molecule has 1 atom stereocenters. The van der Waals surface area contributed by atoms with Crippen molar-refractivity contribution in [3.63, 3.8) is 0 Å². The number of anilines is 2. The molecule has 0 aromatic heterocycles. The van der Waals surface area contributed by atoms with Crippen molar-refractivity contribution in [2.24, 2.45) is 0 Å². The molecule has 1 N–H and O–H groups in total. The van der Waals surface area contributed by atoms with Gasteiger partial charge in [0.05, 0.1) is 17.2 Å². The van der Waals surface area contributed by atoms with Gasteiger partial charge in [-0.2, -0.15) is 0 Å². The zero-order valence-electron chi connectivity index (χ0n) is 15.9. The largest absolute Gasteiger partial charge is 0.454 e. The zero-order valence-corrected chi connectivity index (χ0v) is 15.9. The van der Waals surface area contributed by atoms with E-state index in [9.17, 15) is 19.2 Å². The van der Waals surface area contributed by atoms with E-state index in [2.05, 4.69) is 5.32 Å². The van der Waals surface area contributed by atoms with Crippen molar-refractivity contribution < 1.29 is 23.9 Å². The maximum atomic E-state index is 12.6. The number of carbonyl (C=O) groups excluding carboxylic acids is 4. The number of hydrogen-bond acceptors (Lipinski definition) is 5. The van der Waals surface area contributed by atoms with Gasteiger partial charge in [-0.25, -0.2) is 4.79 Å². The molecule has 7 heteroatoms. The van der Waals surface area contributed by atoms with E-state index in [0.717, 1.165) is 12.0 Å². The molecule has 0 unspecified atom stereocenters. The summed E-state index contributed by atoms with van der Waals surface area (Å²) < 4.78 is 5.24. The second kappa shape index (κ2) is 7.50. The number of para-hydroxylation sites is 1. The van der Waals surface area contributed by atoms with E-state index in [0.29, 0.717) is 29.9 Å². The second-order valence-corrected chi connectivity index (χ2v) is 7.18. The van der Waals surface area contributed by atoms with E-state index >= 15 is 0 Å². The highest BCUT2D eigenvalue weighted by atomic mass is 16.5. The summed E-state index contributed by atoms with van der Waals surface area (Å²) >= 11 is 0. The lowest BCUT2D eigenvalue weighted by molar-refractivity contribution is -0.117. The van der Waals surface area contributed by atoms with Gasteiger partial charge in [-0.05, 0) is 49.2 Å². The van der Waals surface area contributed by atoms with Gasteiger partial charge in [0, 0.05) is 24.2 Å². The molecule has 1 fully saturated rings. The van der Waals surface area contributed by atoms with Gasteiger partial charge in [0.15, 0.2) is 12.4 Å². The first kappa shape index (κ1) is 18.9. The van der Waals surface area contributed by atoms with Gasteiger partial charge >= 0.3 is 5.97 Å². The number of nitrogens with zero attached hydrogens (tertiary/aromatic N) is 1. The Kier molecular flexibility index (Phi) is 4.88. The molecule has 2 aromatic carbocycles. The van der Waals surface area contributed by atoms with Crippen molar-refractivity contribution in [3.05, 3.63) is 59.2 Å². The van der Waals surface area contributed by atoms with Gasteiger partial charge in [0.25, 0.3) is 0 Å². The molecule has 148 valence electrons. The van der Waals surface area contributed by atoms with E-state index in [1.165, 1.54) is 0 Å². The Morgan fingerprint density at radius 2 is 1.97 bits per heavy atom. The maximum Gasteiger partial charge on any atom is 0.340 e. The second-order valence-electron chi connectivity index (χ2n) is 7.18. The molecule has 0 bridgehead atoms.